The van der Waals surface area contributed by atoms with E-state index in [4.69, 9.17) is 0 Å². The first-order valence-corrected chi connectivity index (χ1v) is 7.44. The minimum absolute atomic E-state index is 0.0150. The second-order valence-electron chi connectivity index (χ2n) is 5.59. The van der Waals surface area contributed by atoms with Gasteiger partial charge in [0.15, 0.2) is 0 Å². The third-order valence-corrected chi connectivity index (χ3v) is 3.92. The van der Waals surface area contributed by atoms with Crippen molar-refractivity contribution < 1.29 is 9.59 Å². The molecule has 1 aliphatic rings. The molecular weight excluding hydrogens is 266 g/mol. The monoisotopic (exact) mass is 289 g/mol. The number of piperidine rings is 1. The second-order valence-corrected chi connectivity index (χ2v) is 5.59. The smallest absolute Gasteiger partial charge is 0.241 e. The maximum Gasteiger partial charge on any atom is 0.241 e. The molecule has 0 radical (unpaired) electrons. The van der Waals surface area contributed by atoms with Crippen molar-refractivity contribution in [3.63, 3.8) is 0 Å². The number of anilines is 1. The molecule has 1 saturated heterocycles. The number of nitrogens with one attached hydrogen (secondary N) is 3. The quantitative estimate of drug-likeness (QED) is 0.782. The van der Waals surface area contributed by atoms with Gasteiger partial charge in [0.25, 0.3) is 0 Å². The fourth-order valence-corrected chi connectivity index (χ4v) is 2.60. The minimum atomic E-state index is -0.121. The van der Waals surface area contributed by atoms with Gasteiger partial charge in [-0.2, -0.15) is 0 Å². The van der Waals surface area contributed by atoms with Crippen LogP contribution in [0.4, 0.5) is 5.69 Å². The molecule has 0 aromatic heterocycles. The van der Waals surface area contributed by atoms with Crippen molar-refractivity contribution in [3.05, 3.63) is 29.8 Å². The van der Waals surface area contributed by atoms with E-state index in [9.17, 15) is 9.59 Å². The Morgan fingerprint density at radius 2 is 2.00 bits per heavy atom. The Hall–Kier alpha value is -1.88. The van der Waals surface area contributed by atoms with Crippen molar-refractivity contribution in [2.24, 2.45) is 5.92 Å². The van der Waals surface area contributed by atoms with Crippen molar-refractivity contribution in [2.75, 3.05) is 18.9 Å². The molecule has 5 heteroatoms. The summed E-state index contributed by atoms with van der Waals surface area (Å²) < 4.78 is 0. The number of amides is 2. The molecular formula is C16H23N3O2. The summed E-state index contributed by atoms with van der Waals surface area (Å²) in [7, 11) is 1.62. The standard InChI is InChI=1S/C16H23N3O2/c1-11-4-3-9-18-15(11)16(21)19-13-7-5-12(6-8-13)10-14(20)17-2/h5-8,11,15,18H,3-4,9-10H2,1-2H3,(H,17,20)(H,19,21). The van der Waals surface area contributed by atoms with Gasteiger partial charge in [-0.15, -0.1) is 0 Å². The molecule has 1 fully saturated rings. The van der Waals surface area contributed by atoms with E-state index in [0.29, 0.717) is 12.3 Å². The highest BCUT2D eigenvalue weighted by Gasteiger charge is 2.27. The summed E-state index contributed by atoms with van der Waals surface area (Å²) in [5.41, 5.74) is 1.69. The molecule has 1 aromatic rings. The third-order valence-electron chi connectivity index (χ3n) is 3.92. The second kappa shape index (κ2) is 7.22. The molecule has 2 atom stereocenters. The lowest BCUT2D eigenvalue weighted by atomic mass is 9.92. The van der Waals surface area contributed by atoms with Gasteiger partial charge in [-0.25, -0.2) is 0 Å². The molecule has 3 N–H and O–H groups in total. The minimum Gasteiger partial charge on any atom is -0.359 e. The van der Waals surface area contributed by atoms with E-state index in [1.54, 1.807) is 7.05 Å². The predicted octanol–water partition coefficient (Wildman–Crippen LogP) is 1.30. The van der Waals surface area contributed by atoms with Crippen LogP contribution in [0.2, 0.25) is 0 Å². The number of likely N-dealkylation sites (N-methyl/N-ethyl adjacent to an activating group) is 1. The van der Waals surface area contributed by atoms with Crippen LogP contribution in [-0.2, 0) is 16.0 Å². The van der Waals surface area contributed by atoms with Gasteiger partial charge in [-0.3, -0.25) is 9.59 Å². The zero-order chi connectivity index (χ0) is 15.2. The van der Waals surface area contributed by atoms with Crippen molar-refractivity contribution >= 4 is 17.5 Å². The highest BCUT2D eigenvalue weighted by atomic mass is 16.2. The Kier molecular flexibility index (Phi) is 5.33. The molecule has 21 heavy (non-hydrogen) atoms. The summed E-state index contributed by atoms with van der Waals surface area (Å²) in [6.07, 6.45) is 2.56. The van der Waals surface area contributed by atoms with Crippen LogP contribution >= 0.6 is 0 Å². The van der Waals surface area contributed by atoms with Crippen molar-refractivity contribution in [1.29, 1.82) is 0 Å². The third kappa shape index (κ3) is 4.29. The molecule has 2 amide bonds. The highest BCUT2D eigenvalue weighted by molar-refractivity contribution is 5.95. The summed E-state index contributed by atoms with van der Waals surface area (Å²) >= 11 is 0. The Labute approximate surface area is 125 Å². The van der Waals surface area contributed by atoms with E-state index in [-0.39, 0.29) is 17.9 Å². The molecule has 1 aliphatic heterocycles. The van der Waals surface area contributed by atoms with Crippen LogP contribution in [0.25, 0.3) is 0 Å². The zero-order valence-corrected chi connectivity index (χ0v) is 12.6. The Morgan fingerprint density at radius 3 is 2.62 bits per heavy atom. The maximum atomic E-state index is 12.2. The van der Waals surface area contributed by atoms with Crippen molar-refractivity contribution in [2.45, 2.75) is 32.2 Å². The summed E-state index contributed by atoms with van der Waals surface area (Å²) in [4.78, 5) is 23.5. The van der Waals surface area contributed by atoms with Crippen molar-refractivity contribution in [1.82, 2.24) is 10.6 Å². The molecule has 114 valence electrons. The van der Waals surface area contributed by atoms with Gasteiger partial charge in [-0.1, -0.05) is 19.1 Å². The molecule has 5 nitrogen and oxygen atoms in total. The molecule has 0 bridgehead atoms. The average Bonchev–Trinajstić information content (AvgIpc) is 2.49. The summed E-state index contributed by atoms with van der Waals surface area (Å²) in [6.45, 7) is 3.00. The Bertz CT molecular complexity index is 499. The molecule has 0 aliphatic carbocycles. The lowest BCUT2D eigenvalue weighted by Crippen LogP contribution is -2.48. The highest BCUT2D eigenvalue weighted by Crippen LogP contribution is 2.18. The van der Waals surface area contributed by atoms with E-state index in [1.807, 2.05) is 24.3 Å². The van der Waals surface area contributed by atoms with E-state index >= 15 is 0 Å². The van der Waals surface area contributed by atoms with Crippen LogP contribution < -0.4 is 16.0 Å². The first kappa shape index (κ1) is 15.5. The van der Waals surface area contributed by atoms with Crippen LogP contribution in [-0.4, -0.2) is 31.4 Å². The average molecular weight is 289 g/mol. The largest absolute Gasteiger partial charge is 0.359 e. The number of rotatable bonds is 4. The number of carbonyl (C=O) groups excluding carboxylic acids is 2. The van der Waals surface area contributed by atoms with Gasteiger partial charge in [0.2, 0.25) is 11.8 Å². The fraction of sp³-hybridized carbons (Fsp3) is 0.500. The van der Waals surface area contributed by atoms with Crippen molar-refractivity contribution in [3.8, 4) is 0 Å². The predicted molar refractivity (Wildman–Crippen MR) is 83.0 cm³/mol. The van der Waals surface area contributed by atoms with E-state index in [2.05, 4.69) is 22.9 Å². The van der Waals surface area contributed by atoms with Gasteiger partial charge in [0.05, 0.1) is 12.5 Å². The van der Waals surface area contributed by atoms with Crippen LogP contribution in [0.5, 0.6) is 0 Å². The molecule has 1 heterocycles. The van der Waals surface area contributed by atoms with Crippen LogP contribution in [0, 0.1) is 5.92 Å². The number of benzene rings is 1. The molecule has 1 aromatic carbocycles. The lowest BCUT2D eigenvalue weighted by Gasteiger charge is -2.28. The SMILES string of the molecule is CNC(=O)Cc1ccc(NC(=O)C2NCCCC2C)cc1. The van der Waals surface area contributed by atoms with Gasteiger partial charge < -0.3 is 16.0 Å². The van der Waals surface area contributed by atoms with Crippen LogP contribution in [0.3, 0.4) is 0 Å². The van der Waals surface area contributed by atoms with Gasteiger partial charge in [0.1, 0.15) is 0 Å². The molecule has 2 rings (SSSR count). The van der Waals surface area contributed by atoms with Crippen LogP contribution in [0.1, 0.15) is 25.3 Å². The Morgan fingerprint density at radius 1 is 1.29 bits per heavy atom. The first-order chi connectivity index (χ1) is 10.1. The maximum absolute atomic E-state index is 12.2. The molecule has 0 saturated carbocycles. The summed E-state index contributed by atoms with van der Waals surface area (Å²) in [6, 6.07) is 7.28. The van der Waals surface area contributed by atoms with Gasteiger partial charge >= 0.3 is 0 Å². The summed E-state index contributed by atoms with van der Waals surface area (Å²) in [5, 5.41) is 8.79. The fourth-order valence-electron chi connectivity index (χ4n) is 2.60. The number of carbonyl (C=O) groups is 2. The number of hydrogen-bond acceptors (Lipinski definition) is 3. The normalized spacial score (nSPS) is 21.6. The Balaban J connectivity index is 1.93. The van der Waals surface area contributed by atoms with Gasteiger partial charge in [-0.05, 0) is 43.0 Å². The number of hydrogen-bond donors (Lipinski definition) is 3. The first-order valence-electron chi connectivity index (χ1n) is 7.44. The van der Waals surface area contributed by atoms with E-state index < -0.39 is 0 Å². The zero-order valence-electron chi connectivity index (χ0n) is 12.6. The molecule has 2 unspecified atom stereocenters. The van der Waals surface area contributed by atoms with Gasteiger partial charge in [0, 0.05) is 12.7 Å². The van der Waals surface area contributed by atoms with E-state index in [0.717, 1.165) is 30.6 Å². The van der Waals surface area contributed by atoms with E-state index in [1.165, 1.54) is 0 Å². The lowest BCUT2D eigenvalue weighted by molar-refractivity contribution is -0.120. The molecule has 0 spiro atoms. The topological polar surface area (TPSA) is 70.2 Å². The van der Waals surface area contributed by atoms with Crippen LogP contribution in [0.15, 0.2) is 24.3 Å². The summed E-state index contributed by atoms with van der Waals surface area (Å²) in [5.74, 6) is 0.347.